The van der Waals surface area contributed by atoms with E-state index in [1.165, 1.54) is 13.3 Å². The number of hydrogen-bond acceptors (Lipinski definition) is 4. The van der Waals surface area contributed by atoms with E-state index >= 15 is 0 Å². The van der Waals surface area contributed by atoms with Gasteiger partial charge in [-0.05, 0) is 26.7 Å². The highest BCUT2D eigenvalue weighted by molar-refractivity contribution is 5.76. The zero-order valence-electron chi connectivity index (χ0n) is 12.8. The number of rotatable bonds is 8. The Morgan fingerprint density at radius 2 is 1.74 bits per heavy atom. The molecule has 0 spiro atoms. The number of carboxylic acids is 1. The van der Waals surface area contributed by atoms with Crippen LogP contribution in [0.3, 0.4) is 0 Å². The van der Waals surface area contributed by atoms with Crippen LogP contribution in [0.1, 0.15) is 60.3 Å². The number of esters is 1. The standard InChI is InChI=1S/C7H14O3.C7H14O2/c1-4-7(3,6(8)9)10-5-2;1-3-4-5-6-9-7(2)8/h4-5H2,1-3H3,(H,8,9);3-6H2,1-2H3. The molecule has 0 amide bonds. The van der Waals surface area contributed by atoms with Gasteiger partial charge in [0.15, 0.2) is 5.60 Å². The van der Waals surface area contributed by atoms with Gasteiger partial charge < -0.3 is 14.6 Å². The van der Waals surface area contributed by atoms with E-state index in [1.807, 2.05) is 0 Å². The molecular formula is C14H28O5. The molecule has 0 fully saturated rings. The smallest absolute Gasteiger partial charge is 0.335 e. The third-order valence-electron chi connectivity index (χ3n) is 2.64. The van der Waals surface area contributed by atoms with Crippen LogP contribution in [0.25, 0.3) is 0 Å². The number of carbonyl (C=O) groups is 2. The Kier molecular flexibility index (Phi) is 12.7. The van der Waals surface area contributed by atoms with Crippen LogP contribution in [0.2, 0.25) is 0 Å². The van der Waals surface area contributed by atoms with Crippen molar-refractivity contribution in [3.05, 3.63) is 0 Å². The lowest BCUT2D eigenvalue weighted by Crippen LogP contribution is -2.37. The highest BCUT2D eigenvalue weighted by Gasteiger charge is 2.31. The molecule has 0 aromatic carbocycles. The maximum atomic E-state index is 10.5. The van der Waals surface area contributed by atoms with Gasteiger partial charge in [0.2, 0.25) is 0 Å². The summed E-state index contributed by atoms with van der Waals surface area (Å²) < 4.78 is 9.75. The van der Waals surface area contributed by atoms with Crippen LogP contribution in [-0.4, -0.2) is 35.9 Å². The molecule has 0 saturated carbocycles. The minimum absolute atomic E-state index is 0.175. The van der Waals surface area contributed by atoms with Gasteiger partial charge in [-0.2, -0.15) is 0 Å². The largest absolute Gasteiger partial charge is 0.479 e. The van der Waals surface area contributed by atoms with E-state index in [1.54, 1.807) is 20.8 Å². The number of carboxylic acid groups (broad SMARTS) is 1. The van der Waals surface area contributed by atoms with E-state index in [-0.39, 0.29) is 5.97 Å². The predicted molar refractivity (Wildman–Crippen MR) is 74.1 cm³/mol. The van der Waals surface area contributed by atoms with Gasteiger partial charge >= 0.3 is 11.9 Å². The van der Waals surface area contributed by atoms with E-state index in [9.17, 15) is 9.59 Å². The summed E-state index contributed by atoms with van der Waals surface area (Å²) in [6.45, 7) is 9.75. The fourth-order valence-corrected chi connectivity index (χ4v) is 1.20. The van der Waals surface area contributed by atoms with Crippen molar-refractivity contribution in [2.75, 3.05) is 13.2 Å². The SMILES string of the molecule is CCCCCOC(C)=O.CCOC(C)(CC)C(=O)O. The maximum absolute atomic E-state index is 10.5. The minimum atomic E-state index is -0.991. The van der Waals surface area contributed by atoms with Crippen molar-refractivity contribution in [1.29, 1.82) is 0 Å². The van der Waals surface area contributed by atoms with Gasteiger partial charge in [-0.15, -0.1) is 0 Å². The van der Waals surface area contributed by atoms with E-state index in [0.717, 1.165) is 12.8 Å². The fraction of sp³-hybridized carbons (Fsp3) is 0.857. The van der Waals surface area contributed by atoms with Crippen molar-refractivity contribution in [3.8, 4) is 0 Å². The van der Waals surface area contributed by atoms with Crippen molar-refractivity contribution in [2.45, 2.75) is 65.9 Å². The molecular weight excluding hydrogens is 248 g/mol. The lowest BCUT2D eigenvalue weighted by atomic mass is 10.0. The van der Waals surface area contributed by atoms with E-state index in [0.29, 0.717) is 19.6 Å². The number of carbonyl (C=O) groups excluding carboxylic acids is 1. The summed E-state index contributed by atoms with van der Waals surface area (Å²) in [6, 6.07) is 0. The molecule has 0 aliphatic carbocycles. The molecule has 0 aliphatic heterocycles. The monoisotopic (exact) mass is 276 g/mol. The molecule has 0 rings (SSSR count). The van der Waals surface area contributed by atoms with Gasteiger partial charge in [-0.25, -0.2) is 4.79 Å². The highest BCUT2D eigenvalue weighted by atomic mass is 16.5. The van der Waals surface area contributed by atoms with Crippen LogP contribution in [0, 0.1) is 0 Å². The summed E-state index contributed by atoms with van der Waals surface area (Å²) in [5, 5.41) is 8.64. The zero-order chi connectivity index (χ0) is 15.3. The van der Waals surface area contributed by atoms with Gasteiger partial charge in [-0.1, -0.05) is 26.7 Å². The molecule has 114 valence electrons. The highest BCUT2D eigenvalue weighted by Crippen LogP contribution is 2.14. The number of hydrogen-bond donors (Lipinski definition) is 1. The minimum Gasteiger partial charge on any atom is -0.479 e. The first-order valence-corrected chi connectivity index (χ1v) is 6.84. The molecule has 5 heteroatoms. The Morgan fingerprint density at radius 1 is 1.16 bits per heavy atom. The normalized spacial score (nSPS) is 12.9. The number of unbranched alkanes of at least 4 members (excludes halogenated alkanes) is 2. The first-order valence-electron chi connectivity index (χ1n) is 6.84. The Hall–Kier alpha value is -1.10. The lowest BCUT2D eigenvalue weighted by Gasteiger charge is -2.22. The molecule has 0 aliphatic rings. The molecule has 1 unspecified atom stereocenters. The second-order valence-corrected chi connectivity index (χ2v) is 4.37. The van der Waals surface area contributed by atoms with E-state index < -0.39 is 11.6 Å². The lowest BCUT2D eigenvalue weighted by molar-refractivity contribution is -0.163. The average Bonchev–Trinajstić information content (AvgIpc) is 2.35. The Morgan fingerprint density at radius 3 is 2.00 bits per heavy atom. The molecule has 5 nitrogen and oxygen atoms in total. The molecule has 0 saturated heterocycles. The van der Waals surface area contributed by atoms with Crippen LogP contribution in [0.15, 0.2) is 0 Å². The van der Waals surface area contributed by atoms with Gasteiger partial charge in [-0.3, -0.25) is 4.79 Å². The second kappa shape index (κ2) is 12.0. The van der Waals surface area contributed by atoms with Crippen molar-refractivity contribution in [3.63, 3.8) is 0 Å². The quantitative estimate of drug-likeness (QED) is 0.545. The van der Waals surface area contributed by atoms with Crippen molar-refractivity contribution in [1.82, 2.24) is 0 Å². The van der Waals surface area contributed by atoms with Gasteiger partial charge in [0.25, 0.3) is 0 Å². The van der Waals surface area contributed by atoms with Crippen LogP contribution in [-0.2, 0) is 19.1 Å². The molecule has 0 radical (unpaired) electrons. The Balaban J connectivity index is 0. The van der Waals surface area contributed by atoms with Crippen LogP contribution in [0.4, 0.5) is 0 Å². The van der Waals surface area contributed by atoms with Gasteiger partial charge in [0.05, 0.1) is 6.61 Å². The third-order valence-corrected chi connectivity index (χ3v) is 2.64. The summed E-state index contributed by atoms with van der Waals surface area (Å²) in [5.41, 5.74) is -0.991. The molecule has 0 aromatic rings. The first kappa shape index (κ1) is 20.2. The van der Waals surface area contributed by atoms with Crippen molar-refractivity contribution in [2.24, 2.45) is 0 Å². The van der Waals surface area contributed by atoms with Gasteiger partial charge in [0.1, 0.15) is 0 Å². The number of aliphatic carboxylic acids is 1. The number of ether oxygens (including phenoxy) is 2. The van der Waals surface area contributed by atoms with Crippen LogP contribution >= 0.6 is 0 Å². The third kappa shape index (κ3) is 11.7. The molecule has 1 N–H and O–H groups in total. The summed E-state index contributed by atoms with van der Waals surface area (Å²) >= 11 is 0. The zero-order valence-corrected chi connectivity index (χ0v) is 12.8. The summed E-state index contributed by atoms with van der Waals surface area (Å²) in [5.74, 6) is -1.07. The van der Waals surface area contributed by atoms with E-state index in [2.05, 4.69) is 6.92 Å². The molecule has 0 bridgehead atoms. The van der Waals surface area contributed by atoms with Crippen molar-refractivity contribution < 1.29 is 24.2 Å². The summed E-state index contributed by atoms with van der Waals surface area (Å²) in [4.78, 5) is 20.7. The summed E-state index contributed by atoms with van der Waals surface area (Å²) in [7, 11) is 0. The average molecular weight is 276 g/mol. The van der Waals surface area contributed by atoms with Crippen molar-refractivity contribution >= 4 is 11.9 Å². The van der Waals surface area contributed by atoms with Crippen LogP contribution in [0.5, 0.6) is 0 Å². The Bertz CT molecular complexity index is 252. The van der Waals surface area contributed by atoms with E-state index in [4.69, 9.17) is 14.6 Å². The second-order valence-electron chi connectivity index (χ2n) is 4.37. The first-order chi connectivity index (χ1) is 8.83. The molecule has 19 heavy (non-hydrogen) atoms. The molecule has 1 atom stereocenters. The van der Waals surface area contributed by atoms with Crippen LogP contribution < -0.4 is 0 Å². The topological polar surface area (TPSA) is 72.8 Å². The Labute approximate surface area is 116 Å². The molecule has 0 aromatic heterocycles. The summed E-state index contributed by atoms with van der Waals surface area (Å²) in [6.07, 6.45) is 3.81. The molecule has 0 heterocycles. The fourth-order valence-electron chi connectivity index (χ4n) is 1.20. The predicted octanol–water partition coefficient (Wildman–Crippen LogP) is 3.02. The maximum Gasteiger partial charge on any atom is 0.335 e. The van der Waals surface area contributed by atoms with Gasteiger partial charge in [0, 0.05) is 13.5 Å².